The topological polar surface area (TPSA) is 36.9 Å². The normalized spacial score (nSPS) is 10.5. The Morgan fingerprint density at radius 2 is 1.71 bits per heavy atom. The molecule has 3 rings (SSSR count). The van der Waals surface area contributed by atoms with E-state index in [1.807, 2.05) is 42.1 Å². The zero-order valence-electron chi connectivity index (χ0n) is 13.3. The Hall–Kier alpha value is -0.312. The summed E-state index contributed by atoms with van der Waals surface area (Å²) in [5, 5.41) is 4.33. The van der Waals surface area contributed by atoms with Crippen LogP contribution in [-0.4, -0.2) is 16.1 Å². The molecule has 1 aromatic heterocycles. The minimum atomic E-state index is 0.910. The van der Waals surface area contributed by atoms with Gasteiger partial charge in [0.2, 0.25) is 0 Å². The van der Waals surface area contributed by atoms with Gasteiger partial charge in [0.15, 0.2) is 0 Å². The quantitative estimate of drug-likeness (QED) is 0.305. The van der Waals surface area contributed by atoms with Crippen molar-refractivity contribution in [2.75, 3.05) is 0 Å². The number of rotatable bonds is 3. The van der Waals surface area contributed by atoms with Gasteiger partial charge in [0.25, 0.3) is 0 Å². The summed E-state index contributed by atoms with van der Waals surface area (Å²) in [4.78, 5) is 3.20. The summed E-state index contributed by atoms with van der Waals surface area (Å²) >= 11 is 6.75. The Morgan fingerprint density at radius 1 is 1.08 bits per heavy atom. The molecule has 4 nitrogen and oxygen atoms in total. The van der Waals surface area contributed by atoms with Crippen molar-refractivity contribution in [3.63, 3.8) is 0 Å². The summed E-state index contributed by atoms with van der Waals surface area (Å²) in [5.74, 6) is 0.910. The number of hydrogen-bond acceptors (Lipinski definition) is 2. The average Bonchev–Trinajstić information content (AvgIpc) is 2.90. The minimum absolute atomic E-state index is 0.910. The number of H-pyrrole nitrogens is 1. The molecule has 130 valence electrons. The van der Waals surface area contributed by atoms with Gasteiger partial charge in [-0.1, -0.05) is 29.8 Å². The van der Waals surface area contributed by atoms with E-state index in [2.05, 4.69) is 108 Å². The molecular weight excluding hydrogens is 709 g/mol. The molecule has 0 radical (unpaired) electrons. The van der Waals surface area contributed by atoms with Crippen molar-refractivity contribution in [3.8, 4) is 11.4 Å². The molecule has 0 bridgehead atoms. The van der Waals surface area contributed by atoms with Crippen LogP contribution in [0.5, 0.6) is 0 Å². The van der Waals surface area contributed by atoms with Gasteiger partial charge in [-0.2, -0.15) is 1.33 Å². The molecule has 0 aliphatic carbocycles. The first-order chi connectivity index (χ1) is 11.5. The Balaban J connectivity index is 0.000000177. The maximum atomic E-state index is 4.33. The van der Waals surface area contributed by atoms with Gasteiger partial charge in [0, 0.05) is 52.3 Å². The fraction of sp³-hybridized carbons (Fsp3) is 0.176. The third kappa shape index (κ3) is 6.54. The van der Waals surface area contributed by atoms with Gasteiger partial charge in [-0.15, -0.1) is 0 Å². The van der Waals surface area contributed by atoms with Crippen LogP contribution in [0.15, 0.2) is 54.6 Å². The zero-order valence-corrected chi connectivity index (χ0v) is 19.9. The molecule has 24 heavy (non-hydrogen) atoms. The van der Waals surface area contributed by atoms with Gasteiger partial charge in [-0.05, 0) is 12.5 Å². The van der Waals surface area contributed by atoms with Crippen molar-refractivity contribution >= 4 is 45.7 Å². The van der Waals surface area contributed by atoms with Gasteiger partial charge in [-0.25, -0.2) is 0 Å². The van der Waals surface area contributed by atoms with Gasteiger partial charge in [-0.3, -0.25) is 0 Å². The van der Waals surface area contributed by atoms with E-state index in [-0.39, 0.29) is 0 Å². The molecule has 3 aromatic rings. The first-order valence-electron chi connectivity index (χ1n) is 7.24. The van der Waals surface area contributed by atoms with Gasteiger partial charge in [0.05, 0.1) is 0 Å². The van der Waals surface area contributed by atoms with Crippen molar-refractivity contribution < 1.29 is 19.4 Å². The molecule has 0 atom stereocenters. The van der Waals surface area contributed by atoms with E-state index in [0.29, 0.717) is 0 Å². The molecule has 0 aliphatic heterocycles. The predicted octanol–water partition coefficient (Wildman–Crippen LogP) is 4.99. The van der Waals surface area contributed by atoms with Crippen molar-refractivity contribution in [2.45, 2.75) is 13.5 Å². The fourth-order valence-corrected chi connectivity index (χ4v) is 3.11. The van der Waals surface area contributed by atoms with E-state index >= 15 is 0 Å². The second kappa shape index (κ2) is 9.99. The van der Waals surface area contributed by atoms with Crippen LogP contribution in [0.1, 0.15) is 11.1 Å². The van der Waals surface area contributed by atoms with Crippen LogP contribution in [-0.2, 0) is 32.9 Å². The van der Waals surface area contributed by atoms with Crippen molar-refractivity contribution in [3.05, 3.63) is 69.5 Å². The number of aromatic amines is 1. The summed E-state index contributed by atoms with van der Waals surface area (Å²) in [6.07, 6.45) is 0. The standard InChI is InChI=1S/C9H9N3.C8H9I2N.Pt/c1-12-7-10-9(11-12)8-5-3-2-4-6-8;1-7-2-4-8(5-3-7)6-11(9)10;/h2-6H,1H3,(H,10,11);2-5H,6H2,1H3;. The van der Waals surface area contributed by atoms with E-state index < -0.39 is 0 Å². The molecule has 2 aromatic carbocycles. The van der Waals surface area contributed by atoms with Crippen LogP contribution in [0, 0.1) is 10.7 Å². The Bertz CT molecular complexity index is 811. The number of benzene rings is 2. The van der Waals surface area contributed by atoms with E-state index in [9.17, 15) is 0 Å². The van der Waals surface area contributed by atoms with E-state index in [4.69, 9.17) is 0 Å². The number of aryl methyl sites for hydroxylation is 2. The third-order valence-electron chi connectivity index (χ3n) is 3.20. The molecule has 0 unspecified atom stereocenters. The Morgan fingerprint density at radius 3 is 2.21 bits per heavy atom. The average molecular weight is 727 g/mol. The van der Waals surface area contributed by atoms with Crippen molar-refractivity contribution in [1.29, 1.82) is 0 Å². The predicted molar refractivity (Wildman–Crippen MR) is 111 cm³/mol. The van der Waals surface area contributed by atoms with Crippen LogP contribution in [0.3, 0.4) is 0 Å². The molecular formula is C17H18I2N4Pt. The van der Waals surface area contributed by atoms with Gasteiger partial charge >= 0.3 is 86.7 Å². The van der Waals surface area contributed by atoms with Crippen LogP contribution in [0.25, 0.3) is 11.4 Å². The number of nitrogens with zero attached hydrogens (tertiary/aromatic N) is 3. The zero-order chi connectivity index (χ0) is 17.5. The molecule has 0 aliphatic rings. The van der Waals surface area contributed by atoms with Crippen LogP contribution in [0.2, 0.25) is 0 Å². The van der Waals surface area contributed by atoms with E-state index in [0.717, 1.165) is 21.7 Å². The number of halogens is 2. The van der Waals surface area contributed by atoms with Crippen molar-refractivity contribution in [2.24, 2.45) is 7.05 Å². The fourth-order valence-electron chi connectivity index (χ4n) is 1.94. The second-order valence-electron chi connectivity index (χ2n) is 5.17. The van der Waals surface area contributed by atoms with Gasteiger partial charge in [0.1, 0.15) is 0 Å². The van der Waals surface area contributed by atoms with Crippen molar-refractivity contribution in [1.82, 2.24) is 16.1 Å². The van der Waals surface area contributed by atoms with Crippen LogP contribution in [0.4, 0.5) is 0 Å². The number of hydrogen-bond donors (Lipinski definition) is 1. The summed E-state index contributed by atoms with van der Waals surface area (Å²) in [7, 11) is 1.92. The first-order valence-corrected chi connectivity index (χ1v) is 10.3. The molecule has 0 saturated heterocycles. The third-order valence-corrected chi connectivity index (χ3v) is 4.90. The second-order valence-corrected chi connectivity index (χ2v) is 10.4. The molecule has 1 N–H and O–H groups in total. The van der Waals surface area contributed by atoms with E-state index in [1.165, 1.54) is 11.1 Å². The maximum absolute atomic E-state index is 4.33. The van der Waals surface area contributed by atoms with Gasteiger partial charge < -0.3 is 0 Å². The Labute approximate surface area is 181 Å². The SMILES string of the molecule is Cc1ccc(CN(I)I)cc1.Cn1nc(-c2ccccc2)[nH][c]1=[Pt]. The molecule has 0 fully saturated rings. The first kappa shape index (κ1) is 20.0. The summed E-state index contributed by atoms with van der Waals surface area (Å²) < 4.78 is 4.96. The molecule has 1 heterocycles. The summed E-state index contributed by atoms with van der Waals surface area (Å²) in [6, 6.07) is 18.7. The van der Waals surface area contributed by atoms with Crippen LogP contribution < -0.4 is 0 Å². The monoisotopic (exact) mass is 727 g/mol. The molecule has 7 heteroatoms. The number of nitrogens with one attached hydrogen (secondary N) is 1. The number of aromatic nitrogens is 3. The summed E-state index contributed by atoms with van der Waals surface area (Å²) in [5.41, 5.74) is 3.79. The van der Waals surface area contributed by atoms with Crippen LogP contribution >= 0.6 is 45.7 Å². The molecule has 0 saturated carbocycles. The van der Waals surface area contributed by atoms with E-state index in [1.54, 1.807) is 0 Å². The Kier molecular flexibility index (Phi) is 8.33. The summed E-state index contributed by atoms with van der Waals surface area (Å²) in [6.45, 7) is 3.11. The molecule has 0 spiro atoms. The molecule has 0 amide bonds.